The number of urea groups is 1. The van der Waals surface area contributed by atoms with Gasteiger partial charge in [-0.05, 0) is 42.5 Å². The van der Waals surface area contributed by atoms with Crippen LogP contribution < -0.4 is 15.4 Å². The van der Waals surface area contributed by atoms with Crippen molar-refractivity contribution in [3.05, 3.63) is 48.0 Å². The molecule has 0 bridgehead atoms. The molecule has 0 atom stereocenters. The number of rotatable bonds is 4. The molecule has 0 aliphatic heterocycles. The number of nitrogens with one attached hydrogen (secondary N) is 2. The lowest BCUT2D eigenvalue weighted by Crippen LogP contribution is -2.19. The molecule has 0 unspecified atom stereocenters. The van der Waals surface area contributed by atoms with Crippen LogP contribution in [0.2, 0.25) is 0 Å². The number of benzene rings is 2. The Kier molecular flexibility index (Phi) is 4.80. The van der Waals surface area contributed by atoms with Crippen molar-refractivity contribution in [2.24, 2.45) is 0 Å². The van der Waals surface area contributed by atoms with Crippen LogP contribution >= 0.6 is 11.3 Å². The molecule has 2 N–H and O–H groups in total. The number of methoxy groups -OCH3 is 2. The second-order valence-electron chi connectivity index (χ2n) is 5.00. The first kappa shape index (κ1) is 16.7. The number of carbonyl (C=O) groups is 2. The molecule has 0 spiro atoms. The molecule has 7 nitrogen and oxygen atoms in total. The Morgan fingerprint density at radius 2 is 1.80 bits per heavy atom. The van der Waals surface area contributed by atoms with Crippen LogP contribution in [-0.4, -0.2) is 31.2 Å². The summed E-state index contributed by atoms with van der Waals surface area (Å²) in [5.74, 6) is 0.292. The third kappa shape index (κ3) is 3.86. The second kappa shape index (κ2) is 7.18. The molecule has 0 radical (unpaired) electrons. The first-order chi connectivity index (χ1) is 12.1. The lowest BCUT2D eigenvalue weighted by atomic mass is 10.2. The van der Waals surface area contributed by atoms with Crippen LogP contribution in [0.3, 0.4) is 0 Å². The van der Waals surface area contributed by atoms with E-state index >= 15 is 0 Å². The molecule has 0 fully saturated rings. The fourth-order valence-corrected chi connectivity index (χ4v) is 3.06. The number of hydrogen-bond donors (Lipinski definition) is 2. The minimum absolute atomic E-state index is 0.405. The molecule has 0 saturated heterocycles. The van der Waals surface area contributed by atoms with Gasteiger partial charge in [0.05, 0.1) is 30.0 Å². The highest BCUT2D eigenvalue weighted by Crippen LogP contribution is 2.27. The zero-order valence-corrected chi connectivity index (χ0v) is 14.3. The quantitative estimate of drug-likeness (QED) is 0.694. The molecule has 3 rings (SSSR count). The number of thiazole rings is 1. The third-order valence-corrected chi connectivity index (χ3v) is 4.31. The predicted octanol–water partition coefficient (Wildman–Crippen LogP) is 3.74. The Morgan fingerprint density at radius 1 is 1.04 bits per heavy atom. The number of fused-ring (bicyclic) bond motifs is 1. The van der Waals surface area contributed by atoms with Crippen LogP contribution in [0, 0.1) is 0 Å². The topological polar surface area (TPSA) is 89.5 Å². The van der Waals surface area contributed by atoms with Gasteiger partial charge in [-0.3, -0.25) is 5.32 Å². The summed E-state index contributed by atoms with van der Waals surface area (Å²) >= 11 is 1.27. The number of hydrogen-bond acceptors (Lipinski definition) is 6. The molecule has 8 heteroatoms. The van der Waals surface area contributed by atoms with E-state index in [1.165, 1.54) is 18.4 Å². The molecule has 0 aliphatic rings. The van der Waals surface area contributed by atoms with Gasteiger partial charge in [0.1, 0.15) is 5.75 Å². The minimum Gasteiger partial charge on any atom is -0.497 e. The number of esters is 1. The number of carbonyl (C=O) groups excluding carboxylic acids is 2. The van der Waals surface area contributed by atoms with Crippen molar-refractivity contribution in [2.75, 3.05) is 24.9 Å². The van der Waals surface area contributed by atoms with Crippen LogP contribution in [0.25, 0.3) is 10.2 Å². The van der Waals surface area contributed by atoms with E-state index in [0.29, 0.717) is 27.6 Å². The number of aromatic nitrogens is 1. The maximum atomic E-state index is 12.1. The first-order valence-electron chi connectivity index (χ1n) is 7.30. The summed E-state index contributed by atoms with van der Waals surface area (Å²) in [6.45, 7) is 0. The minimum atomic E-state index is -0.415. The summed E-state index contributed by atoms with van der Waals surface area (Å²) in [6, 6.07) is 11.6. The van der Waals surface area contributed by atoms with Gasteiger partial charge in [0, 0.05) is 5.69 Å². The van der Waals surface area contributed by atoms with Gasteiger partial charge < -0.3 is 14.8 Å². The van der Waals surface area contributed by atoms with Gasteiger partial charge in [0.15, 0.2) is 5.13 Å². The Bertz CT molecular complexity index is 921. The molecule has 0 saturated carbocycles. The normalized spacial score (nSPS) is 10.3. The van der Waals surface area contributed by atoms with Crippen molar-refractivity contribution >= 4 is 44.4 Å². The van der Waals surface area contributed by atoms with Crippen LogP contribution in [0.15, 0.2) is 42.5 Å². The van der Waals surface area contributed by atoms with E-state index < -0.39 is 12.0 Å². The molecule has 25 heavy (non-hydrogen) atoms. The Hall–Kier alpha value is -3.13. The summed E-state index contributed by atoms with van der Waals surface area (Å²) in [5, 5.41) is 5.83. The fourth-order valence-electron chi connectivity index (χ4n) is 2.16. The molecular weight excluding hydrogens is 342 g/mol. The number of anilines is 2. The van der Waals surface area contributed by atoms with Crippen molar-refractivity contribution in [3.8, 4) is 5.75 Å². The summed E-state index contributed by atoms with van der Waals surface area (Å²) in [7, 11) is 2.91. The van der Waals surface area contributed by atoms with E-state index in [1.807, 2.05) is 0 Å². The van der Waals surface area contributed by atoms with Crippen LogP contribution in [0.4, 0.5) is 15.6 Å². The highest BCUT2D eigenvalue weighted by molar-refractivity contribution is 7.22. The molecule has 0 aliphatic carbocycles. The van der Waals surface area contributed by atoms with Gasteiger partial charge in [0.25, 0.3) is 0 Å². The van der Waals surface area contributed by atoms with E-state index in [0.717, 1.165) is 4.70 Å². The smallest absolute Gasteiger partial charge is 0.337 e. The Labute approximate surface area is 147 Å². The number of amides is 2. The number of nitrogens with zero attached hydrogens (tertiary/aromatic N) is 1. The molecular formula is C17H15N3O4S. The van der Waals surface area contributed by atoms with Gasteiger partial charge in [-0.15, -0.1) is 0 Å². The van der Waals surface area contributed by atoms with Crippen molar-refractivity contribution in [1.82, 2.24) is 4.98 Å². The highest BCUT2D eigenvalue weighted by Gasteiger charge is 2.11. The Morgan fingerprint density at radius 3 is 2.48 bits per heavy atom. The van der Waals surface area contributed by atoms with E-state index in [1.54, 1.807) is 49.6 Å². The zero-order chi connectivity index (χ0) is 17.8. The molecule has 2 aromatic carbocycles. The van der Waals surface area contributed by atoms with E-state index in [2.05, 4.69) is 15.6 Å². The van der Waals surface area contributed by atoms with E-state index in [-0.39, 0.29) is 0 Å². The van der Waals surface area contributed by atoms with Crippen LogP contribution in [-0.2, 0) is 4.74 Å². The molecule has 3 aromatic rings. The molecule has 2 amide bonds. The van der Waals surface area contributed by atoms with Crippen molar-refractivity contribution in [3.63, 3.8) is 0 Å². The van der Waals surface area contributed by atoms with Crippen LogP contribution in [0.1, 0.15) is 10.4 Å². The predicted molar refractivity (Wildman–Crippen MR) is 96.6 cm³/mol. The third-order valence-electron chi connectivity index (χ3n) is 3.38. The lowest BCUT2D eigenvalue weighted by molar-refractivity contribution is 0.0601. The monoisotopic (exact) mass is 357 g/mol. The standard InChI is InChI=1S/C17H15N3O4S/c1-23-12-6-4-11(5-7-12)18-16(22)20-17-19-13-8-3-10(15(21)24-2)9-14(13)25-17/h3-9H,1-2H3,(H2,18,19,20,22). The van der Waals surface area contributed by atoms with Crippen molar-refractivity contribution in [1.29, 1.82) is 0 Å². The largest absolute Gasteiger partial charge is 0.497 e. The fraction of sp³-hybridized carbons (Fsp3) is 0.118. The van der Waals surface area contributed by atoms with Gasteiger partial charge in [-0.25, -0.2) is 14.6 Å². The molecule has 1 aromatic heterocycles. The highest BCUT2D eigenvalue weighted by atomic mass is 32.1. The maximum absolute atomic E-state index is 12.1. The van der Waals surface area contributed by atoms with Gasteiger partial charge in [0.2, 0.25) is 0 Å². The number of ether oxygens (including phenoxy) is 2. The lowest BCUT2D eigenvalue weighted by Gasteiger charge is -2.06. The molecule has 128 valence electrons. The zero-order valence-electron chi connectivity index (χ0n) is 13.5. The summed E-state index contributed by atoms with van der Waals surface area (Å²) in [4.78, 5) is 28.0. The van der Waals surface area contributed by atoms with Crippen molar-refractivity contribution < 1.29 is 19.1 Å². The molecule has 1 heterocycles. The van der Waals surface area contributed by atoms with Crippen LogP contribution in [0.5, 0.6) is 5.75 Å². The SMILES string of the molecule is COC(=O)c1ccc2nc(NC(=O)Nc3ccc(OC)cc3)sc2c1. The van der Waals surface area contributed by atoms with Crippen molar-refractivity contribution in [2.45, 2.75) is 0 Å². The summed E-state index contributed by atoms with van der Waals surface area (Å²) in [6.07, 6.45) is 0. The van der Waals surface area contributed by atoms with Gasteiger partial charge in [-0.1, -0.05) is 11.3 Å². The van der Waals surface area contributed by atoms with E-state index in [4.69, 9.17) is 9.47 Å². The summed E-state index contributed by atoms with van der Waals surface area (Å²) in [5.41, 5.74) is 1.76. The first-order valence-corrected chi connectivity index (χ1v) is 8.11. The van der Waals surface area contributed by atoms with Gasteiger partial charge >= 0.3 is 12.0 Å². The van der Waals surface area contributed by atoms with E-state index in [9.17, 15) is 9.59 Å². The second-order valence-corrected chi connectivity index (χ2v) is 6.03. The Balaban J connectivity index is 1.71. The average Bonchev–Trinajstić information content (AvgIpc) is 3.02. The summed E-state index contributed by atoms with van der Waals surface area (Å²) < 4.78 is 10.5. The van der Waals surface area contributed by atoms with Gasteiger partial charge in [-0.2, -0.15) is 0 Å². The average molecular weight is 357 g/mol. The maximum Gasteiger partial charge on any atom is 0.337 e.